The zero-order valence-electron chi connectivity index (χ0n) is 10.5. The molecule has 0 aliphatic carbocycles. The van der Waals surface area contributed by atoms with Crippen molar-refractivity contribution >= 4 is 23.7 Å². The molecular weight excluding hydrogens is 222 g/mol. The highest BCUT2D eigenvalue weighted by atomic mass is 32.2. The van der Waals surface area contributed by atoms with Crippen molar-refractivity contribution in [2.75, 3.05) is 12.3 Å². The molecular formula is C12H23NS2. The normalized spacial score (nSPS) is 15.5. The van der Waals surface area contributed by atoms with Crippen LogP contribution < -0.4 is 4.72 Å². The minimum Gasteiger partial charge on any atom is -0.260 e. The van der Waals surface area contributed by atoms with Gasteiger partial charge < -0.3 is 0 Å². The first-order chi connectivity index (χ1) is 7.11. The van der Waals surface area contributed by atoms with E-state index in [0.717, 1.165) is 6.54 Å². The van der Waals surface area contributed by atoms with Crippen molar-refractivity contribution in [3.05, 3.63) is 22.6 Å². The summed E-state index contributed by atoms with van der Waals surface area (Å²) >= 11 is 3.69. The molecule has 0 aliphatic rings. The van der Waals surface area contributed by atoms with Crippen LogP contribution in [0.3, 0.4) is 0 Å². The van der Waals surface area contributed by atoms with E-state index in [1.807, 2.05) is 11.8 Å². The van der Waals surface area contributed by atoms with Crippen LogP contribution in [0.5, 0.6) is 0 Å². The lowest BCUT2D eigenvalue weighted by Gasteiger charge is -2.09. The Morgan fingerprint density at radius 1 is 1.27 bits per heavy atom. The van der Waals surface area contributed by atoms with E-state index < -0.39 is 0 Å². The minimum atomic E-state index is 0.628. The van der Waals surface area contributed by atoms with Crippen molar-refractivity contribution in [3.8, 4) is 0 Å². The molecule has 0 saturated heterocycles. The van der Waals surface area contributed by atoms with Crippen molar-refractivity contribution in [3.63, 3.8) is 0 Å². The van der Waals surface area contributed by atoms with Crippen molar-refractivity contribution in [2.45, 2.75) is 39.9 Å². The van der Waals surface area contributed by atoms with E-state index in [1.165, 1.54) is 16.2 Å². The van der Waals surface area contributed by atoms with Gasteiger partial charge in [-0.05, 0) is 43.4 Å². The van der Waals surface area contributed by atoms with Gasteiger partial charge in [-0.1, -0.05) is 31.6 Å². The molecule has 0 fully saturated rings. The van der Waals surface area contributed by atoms with Gasteiger partial charge in [-0.3, -0.25) is 4.72 Å². The van der Waals surface area contributed by atoms with Crippen LogP contribution in [0.4, 0.5) is 0 Å². The van der Waals surface area contributed by atoms with E-state index in [9.17, 15) is 0 Å². The monoisotopic (exact) mass is 245 g/mol. The molecule has 0 bridgehead atoms. The maximum atomic E-state index is 3.24. The average Bonchev–Trinajstić information content (AvgIpc) is 2.23. The molecule has 0 heterocycles. The van der Waals surface area contributed by atoms with Gasteiger partial charge >= 0.3 is 0 Å². The number of allylic oxidation sites excluding steroid dienone is 3. The highest BCUT2D eigenvalue weighted by molar-refractivity contribution is 8.01. The lowest BCUT2D eigenvalue weighted by atomic mass is 10.2. The summed E-state index contributed by atoms with van der Waals surface area (Å²) in [7, 11) is 0. The summed E-state index contributed by atoms with van der Waals surface area (Å²) < 4.78 is 3.24. The lowest BCUT2D eigenvalue weighted by molar-refractivity contribution is 1.04. The number of hydrogen-bond acceptors (Lipinski definition) is 3. The largest absolute Gasteiger partial charge is 0.260 e. The standard InChI is InChI=1S/C12H23NS2/c1-6-13-15-11(4)9-8-10(3)12(5)14-7-2/h8-9,12-13H,6-7H2,1-5H3/b10-8+,11-9+. The van der Waals surface area contributed by atoms with Gasteiger partial charge in [0.25, 0.3) is 0 Å². The number of rotatable bonds is 7. The Kier molecular flexibility index (Phi) is 9.46. The predicted octanol–water partition coefficient (Wildman–Crippen LogP) is 4.24. The number of hydrogen-bond donors (Lipinski definition) is 1. The minimum absolute atomic E-state index is 0.628. The molecule has 0 aromatic rings. The maximum Gasteiger partial charge on any atom is 0.0228 e. The molecule has 0 aromatic carbocycles. The topological polar surface area (TPSA) is 12.0 Å². The van der Waals surface area contributed by atoms with Crippen molar-refractivity contribution in [2.24, 2.45) is 0 Å². The summed E-state index contributed by atoms with van der Waals surface area (Å²) in [4.78, 5) is 1.31. The SMILES string of the molecule is CCNS/C(C)=C/C=C(\C)C(C)SCC. The first kappa shape index (κ1) is 15.1. The molecule has 1 nitrogen and oxygen atoms in total. The zero-order chi connectivity index (χ0) is 11.7. The second kappa shape index (κ2) is 9.37. The summed E-state index contributed by atoms with van der Waals surface area (Å²) in [5, 5.41) is 0.628. The molecule has 0 aliphatic heterocycles. The fourth-order valence-electron chi connectivity index (χ4n) is 0.986. The Balaban J connectivity index is 4.11. The van der Waals surface area contributed by atoms with Gasteiger partial charge in [0.15, 0.2) is 0 Å². The van der Waals surface area contributed by atoms with Crippen LogP contribution in [0.15, 0.2) is 22.6 Å². The van der Waals surface area contributed by atoms with Gasteiger partial charge in [0.05, 0.1) is 0 Å². The van der Waals surface area contributed by atoms with Gasteiger partial charge in [-0.25, -0.2) is 0 Å². The second-order valence-electron chi connectivity index (χ2n) is 3.39. The molecule has 0 aromatic heterocycles. The Morgan fingerprint density at radius 3 is 2.47 bits per heavy atom. The predicted molar refractivity (Wildman–Crippen MR) is 76.4 cm³/mol. The highest BCUT2D eigenvalue weighted by Crippen LogP contribution is 2.19. The maximum absolute atomic E-state index is 3.24. The van der Waals surface area contributed by atoms with Gasteiger partial charge in [0.2, 0.25) is 0 Å². The first-order valence-corrected chi connectivity index (χ1v) is 7.34. The van der Waals surface area contributed by atoms with Crippen molar-refractivity contribution < 1.29 is 0 Å². The van der Waals surface area contributed by atoms with E-state index >= 15 is 0 Å². The number of nitrogens with one attached hydrogen (secondary N) is 1. The molecule has 0 radical (unpaired) electrons. The molecule has 0 spiro atoms. The van der Waals surface area contributed by atoms with E-state index in [4.69, 9.17) is 0 Å². The van der Waals surface area contributed by atoms with Crippen LogP contribution in [0.2, 0.25) is 0 Å². The summed E-state index contributed by atoms with van der Waals surface area (Å²) in [6.45, 7) is 11.9. The lowest BCUT2D eigenvalue weighted by Crippen LogP contribution is -2.00. The van der Waals surface area contributed by atoms with Crippen molar-refractivity contribution in [1.29, 1.82) is 0 Å². The van der Waals surface area contributed by atoms with Crippen LogP contribution in [-0.4, -0.2) is 17.5 Å². The van der Waals surface area contributed by atoms with Gasteiger partial charge in [-0.2, -0.15) is 11.8 Å². The fraction of sp³-hybridized carbons (Fsp3) is 0.667. The van der Waals surface area contributed by atoms with Gasteiger partial charge in [-0.15, -0.1) is 0 Å². The highest BCUT2D eigenvalue weighted by Gasteiger charge is 2.01. The van der Waals surface area contributed by atoms with Gasteiger partial charge in [0, 0.05) is 11.8 Å². The molecule has 88 valence electrons. The van der Waals surface area contributed by atoms with E-state index in [0.29, 0.717) is 5.25 Å². The molecule has 1 unspecified atom stereocenters. The smallest absolute Gasteiger partial charge is 0.0228 e. The summed E-state index contributed by atoms with van der Waals surface area (Å²) in [6, 6.07) is 0. The van der Waals surface area contributed by atoms with Crippen LogP contribution in [-0.2, 0) is 0 Å². The molecule has 3 heteroatoms. The third-order valence-electron chi connectivity index (χ3n) is 2.02. The van der Waals surface area contributed by atoms with Crippen LogP contribution in [0, 0.1) is 0 Å². The zero-order valence-corrected chi connectivity index (χ0v) is 12.1. The molecule has 0 saturated carbocycles. The number of thioether (sulfide) groups is 1. The third kappa shape index (κ3) is 8.00. The van der Waals surface area contributed by atoms with Gasteiger partial charge in [0.1, 0.15) is 0 Å². The second-order valence-corrected chi connectivity index (χ2v) is 6.14. The van der Waals surface area contributed by atoms with E-state index in [2.05, 4.69) is 51.5 Å². The molecule has 1 atom stereocenters. The average molecular weight is 245 g/mol. The molecule has 15 heavy (non-hydrogen) atoms. The van der Waals surface area contributed by atoms with Crippen LogP contribution in [0.25, 0.3) is 0 Å². The first-order valence-electron chi connectivity index (χ1n) is 5.48. The van der Waals surface area contributed by atoms with Crippen LogP contribution >= 0.6 is 23.7 Å². The summed E-state index contributed by atoms with van der Waals surface area (Å²) in [6.07, 6.45) is 4.42. The van der Waals surface area contributed by atoms with E-state index in [-0.39, 0.29) is 0 Å². The Morgan fingerprint density at radius 2 is 1.93 bits per heavy atom. The van der Waals surface area contributed by atoms with Crippen molar-refractivity contribution in [1.82, 2.24) is 4.72 Å². The summed E-state index contributed by atoms with van der Waals surface area (Å²) in [5.41, 5.74) is 1.44. The Labute approximate surface area is 103 Å². The summed E-state index contributed by atoms with van der Waals surface area (Å²) in [5.74, 6) is 1.18. The molecule has 0 rings (SSSR count). The molecule has 1 N–H and O–H groups in total. The quantitative estimate of drug-likeness (QED) is 0.532. The fourth-order valence-corrected chi connectivity index (χ4v) is 2.34. The third-order valence-corrected chi connectivity index (χ3v) is 4.11. The van der Waals surface area contributed by atoms with Crippen LogP contribution in [0.1, 0.15) is 34.6 Å². The Bertz CT molecular complexity index is 222. The van der Waals surface area contributed by atoms with E-state index in [1.54, 1.807) is 11.9 Å². The Hall–Kier alpha value is 0.140. The molecule has 0 amide bonds.